The van der Waals surface area contributed by atoms with E-state index < -0.39 is 0 Å². The van der Waals surface area contributed by atoms with Crippen molar-refractivity contribution in [3.63, 3.8) is 0 Å². The van der Waals surface area contributed by atoms with E-state index >= 15 is 0 Å². The van der Waals surface area contributed by atoms with Gasteiger partial charge in [-0.1, -0.05) is 18.2 Å². The number of hydrogen-bond acceptors (Lipinski definition) is 1. The van der Waals surface area contributed by atoms with Gasteiger partial charge in [-0.25, -0.2) is 0 Å². The molecule has 1 aromatic carbocycles. The molecule has 0 saturated heterocycles. The maximum Gasteiger partial charge on any atom is 0.118 e. The largest absolute Gasteiger partial charge is 0.497 e. The van der Waals surface area contributed by atoms with Gasteiger partial charge in [-0.05, 0) is 12.1 Å². The molecule has 0 atom stereocenters. The maximum absolute atomic E-state index is 4.91. The fraction of sp³-hybridized carbons (Fsp3) is 0.143. The summed E-state index contributed by atoms with van der Waals surface area (Å²) >= 11 is 0. The zero-order chi connectivity index (χ0) is 5.82. The molecule has 1 nitrogen and oxygen atoms in total. The van der Waals surface area contributed by atoms with Gasteiger partial charge in [0.05, 0.1) is 7.11 Å². The molecular formula is C7H8BO. The van der Waals surface area contributed by atoms with Crippen molar-refractivity contribution >= 4 is 8.41 Å². The van der Waals surface area contributed by atoms with Gasteiger partial charge in [0, 0.05) is 8.41 Å². The molecule has 45 valence electrons. The van der Waals surface area contributed by atoms with Gasteiger partial charge in [-0.2, -0.15) is 0 Å². The highest BCUT2D eigenvalue weighted by molar-refractivity contribution is 5.75. The van der Waals surface area contributed by atoms with E-state index in [1.54, 1.807) is 7.11 Å². The fourth-order valence-electron chi connectivity index (χ4n) is 0.557. The van der Waals surface area contributed by atoms with Crippen LogP contribution in [0, 0.1) is 0 Å². The van der Waals surface area contributed by atoms with Crippen LogP contribution in [0.5, 0.6) is 5.75 Å². The van der Waals surface area contributed by atoms with Crippen molar-refractivity contribution in [2.75, 3.05) is 7.11 Å². The minimum Gasteiger partial charge on any atom is -0.497 e. The lowest BCUT2D eigenvalue weighted by Gasteiger charge is -1.93. The second-order valence-corrected chi connectivity index (χ2v) is 1.52. The number of para-hydroxylation sites is 1. The van der Waals surface area contributed by atoms with Crippen molar-refractivity contribution in [1.29, 1.82) is 0 Å². The Morgan fingerprint density at radius 2 is 1.67 bits per heavy atom. The molecule has 3 radical (unpaired) electrons. The van der Waals surface area contributed by atoms with Gasteiger partial charge in [0.1, 0.15) is 5.75 Å². The first-order chi connectivity index (χ1) is 3.93. The van der Waals surface area contributed by atoms with Gasteiger partial charge in [0.15, 0.2) is 0 Å². The van der Waals surface area contributed by atoms with Gasteiger partial charge in [-0.3, -0.25) is 0 Å². The van der Waals surface area contributed by atoms with Crippen LogP contribution in [0.1, 0.15) is 0 Å². The van der Waals surface area contributed by atoms with Crippen LogP contribution in [0.15, 0.2) is 30.3 Å². The second kappa shape index (κ2) is 4.01. The average molecular weight is 119 g/mol. The highest BCUT2D eigenvalue weighted by Gasteiger charge is 1.80. The van der Waals surface area contributed by atoms with Crippen molar-refractivity contribution < 1.29 is 4.74 Å². The van der Waals surface area contributed by atoms with E-state index in [4.69, 9.17) is 4.74 Å². The van der Waals surface area contributed by atoms with E-state index in [0.717, 1.165) is 5.75 Å². The summed E-state index contributed by atoms with van der Waals surface area (Å²) in [5.74, 6) is 0.910. The predicted octanol–water partition coefficient (Wildman–Crippen LogP) is 1.31. The first-order valence-electron chi connectivity index (χ1n) is 2.52. The summed E-state index contributed by atoms with van der Waals surface area (Å²) in [6.45, 7) is 0. The second-order valence-electron chi connectivity index (χ2n) is 1.52. The van der Waals surface area contributed by atoms with E-state index in [1.165, 1.54) is 0 Å². The Labute approximate surface area is 57.2 Å². The number of methoxy groups -OCH3 is 1. The molecule has 1 aromatic rings. The Morgan fingerprint density at radius 3 is 2.00 bits per heavy atom. The summed E-state index contributed by atoms with van der Waals surface area (Å²) in [7, 11) is 1.66. The highest BCUT2D eigenvalue weighted by atomic mass is 16.5. The Balaban J connectivity index is 0.000000640. The number of benzene rings is 1. The molecule has 0 heterocycles. The zero-order valence-corrected chi connectivity index (χ0v) is 5.37. The van der Waals surface area contributed by atoms with E-state index in [0.29, 0.717) is 0 Å². The molecule has 0 aliphatic carbocycles. The van der Waals surface area contributed by atoms with Crippen LogP contribution in [0.2, 0.25) is 0 Å². The Hall–Kier alpha value is -0.915. The van der Waals surface area contributed by atoms with Crippen LogP contribution >= 0.6 is 0 Å². The normalized spacial score (nSPS) is 7.67. The van der Waals surface area contributed by atoms with E-state index in [9.17, 15) is 0 Å². The maximum atomic E-state index is 4.91. The third kappa shape index (κ3) is 2.22. The van der Waals surface area contributed by atoms with Crippen LogP contribution in [-0.2, 0) is 0 Å². The Kier molecular flexibility index (Phi) is 3.61. The molecule has 0 fully saturated rings. The van der Waals surface area contributed by atoms with Crippen LogP contribution in [-0.4, -0.2) is 15.5 Å². The van der Waals surface area contributed by atoms with Crippen molar-refractivity contribution in [3.05, 3.63) is 30.3 Å². The minimum absolute atomic E-state index is 0. The molecular weight excluding hydrogens is 111 g/mol. The smallest absolute Gasteiger partial charge is 0.118 e. The van der Waals surface area contributed by atoms with Crippen LogP contribution in [0.3, 0.4) is 0 Å². The van der Waals surface area contributed by atoms with Crippen LogP contribution in [0.4, 0.5) is 0 Å². The zero-order valence-electron chi connectivity index (χ0n) is 5.37. The van der Waals surface area contributed by atoms with Gasteiger partial charge >= 0.3 is 0 Å². The third-order valence-electron chi connectivity index (χ3n) is 0.979. The summed E-state index contributed by atoms with van der Waals surface area (Å²) in [5, 5.41) is 0. The lowest BCUT2D eigenvalue weighted by Crippen LogP contribution is -1.78. The van der Waals surface area contributed by atoms with E-state index in [1.807, 2.05) is 30.3 Å². The summed E-state index contributed by atoms with van der Waals surface area (Å²) in [6.07, 6.45) is 0. The Morgan fingerprint density at radius 1 is 1.11 bits per heavy atom. The fourth-order valence-corrected chi connectivity index (χ4v) is 0.557. The van der Waals surface area contributed by atoms with E-state index in [-0.39, 0.29) is 8.41 Å². The molecule has 9 heavy (non-hydrogen) atoms. The predicted molar refractivity (Wildman–Crippen MR) is 38.7 cm³/mol. The standard InChI is InChI=1S/C7H8O.B/c1-8-7-5-3-2-4-6-7;/h2-6H,1H3;. The summed E-state index contributed by atoms with van der Waals surface area (Å²) in [5.41, 5.74) is 0. The Bertz CT molecular complexity index is 150. The molecule has 2 heteroatoms. The van der Waals surface area contributed by atoms with Crippen molar-refractivity contribution in [2.24, 2.45) is 0 Å². The van der Waals surface area contributed by atoms with Crippen molar-refractivity contribution in [2.45, 2.75) is 0 Å². The summed E-state index contributed by atoms with van der Waals surface area (Å²) in [4.78, 5) is 0. The quantitative estimate of drug-likeness (QED) is 0.506. The first-order valence-corrected chi connectivity index (χ1v) is 2.52. The molecule has 0 unspecified atom stereocenters. The topological polar surface area (TPSA) is 9.23 Å². The summed E-state index contributed by atoms with van der Waals surface area (Å²) in [6, 6.07) is 9.68. The van der Waals surface area contributed by atoms with Crippen molar-refractivity contribution in [3.8, 4) is 5.75 Å². The molecule has 0 amide bonds. The molecule has 0 aromatic heterocycles. The highest BCUT2D eigenvalue weighted by Crippen LogP contribution is 2.05. The molecule has 0 bridgehead atoms. The lowest BCUT2D eigenvalue weighted by molar-refractivity contribution is 0.415. The van der Waals surface area contributed by atoms with Gasteiger partial charge in [0.25, 0.3) is 0 Å². The first kappa shape index (κ1) is 8.08. The van der Waals surface area contributed by atoms with Crippen molar-refractivity contribution in [1.82, 2.24) is 0 Å². The lowest BCUT2D eigenvalue weighted by atomic mass is 10.3. The average Bonchev–Trinajstić information content (AvgIpc) is 1.90. The number of hydrogen-bond donors (Lipinski definition) is 0. The van der Waals surface area contributed by atoms with Gasteiger partial charge in [-0.15, -0.1) is 0 Å². The molecule has 0 aliphatic rings. The minimum atomic E-state index is 0. The molecule has 0 N–H and O–H groups in total. The van der Waals surface area contributed by atoms with Crippen LogP contribution < -0.4 is 4.74 Å². The molecule has 0 aliphatic heterocycles. The number of rotatable bonds is 1. The summed E-state index contributed by atoms with van der Waals surface area (Å²) < 4.78 is 4.91. The molecule has 1 rings (SSSR count). The number of ether oxygens (including phenoxy) is 1. The molecule has 0 spiro atoms. The van der Waals surface area contributed by atoms with Crippen LogP contribution in [0.25, 0.3) is 0 Å². The third-order valence-corrected chi connectivity index (χ3v) is 0.979. The van der Waals surface area contributed by atoms with Gasteiger partial charge in [0.2, 0.25) is 0 Å². The molecule has 0 saturated carbocycles. The SMILES string of the molecule is COc1ccccc1.[B]. The van der Waals surface area contributed by atoms with Gasteiger partial charge < -0.3 is 4.74 Å². The van der Waals surface area contributed by atoms with E-state index in [2.05, 4.69) is 0 Å². The monoisotopic (exact) mass is 119 g/mol.